The Morgan fingerprint density at radius 3 is 2.94 bits per heavy atom. The van der Waals surface area contributed by atoms with Crippen molar-refractivity contribution in [2.75, 3.05) is 25.1 Å². The van der Waals surface area contributed by atoms with Gasteiger partial charge >= 0.3 is 0 Å². The number of hydrogen-bond donors (Lipinski definition) is 1. The molecular formula is C8H9ClF3N3O. The topological polar surface area (TPSA) is 47.0 Å². The highest BCUT2D eigenvalue weighted by molar-refractivity contribution is 6.28. The first-order valence-corrected chi connectivity index (χ1v) is 4.75. The number of hydrogen-bond acceptors (Lipinski definition) is 4. The minimum Gasteiger partial charge on any atom is -0.374 e. The lowest BCUT2D eigenvalue weighted by atomic mass is 10.5. The van der Waals surface area contributed by atoms with Crippen LogP contribution >= 0.6 is 11.6 Å². The monoisotopic (exact) mass is 255 g/mol. The zero-order valence-electron chi connectivity index (χ0n) is 8.09. The van der Waals surface area contributed by atoms with Gasteiger partial charge in [0.2, 0.25) is 5.28 Å². The summed E-state index contributed by atoms with van der Waals surface area (Å²) in [6, 6.07) is 0. The van der Waals surface area contributed by atoms with E-state index in [0.717, 1.165) is 6.20 Å². The highest BCUT2D eigenvalue weighted by Crippen LogP contribution is 2.11. The van der Waals surface area contributed by atoms with Crippen molar-refractivity contribution in [2.45, 2.75) is 6.43 Å². The van der Waals surface area contributed by atoms with Crippen molar-refractivity contribution in [2.24, 2.45) is 0 Å². The number of aromatic nitrogens is 2. The maximum Gasteiger partial charge on any atom is 0.261 e. The molecule has 1 aromatic heterocycles. The van der Waals surface area contributed by atoms with Gasteiger partial charge in [-0.3, -0.25) is 0 Å². The molecule has 90 valence electrons. The molecule has 8 heteroatoms. The number of alkyl halides is 2. The number of anilines is 1. The van der Waals surface area contributed by atoms with Crippen LogP contribution in [0, 0.1) is 5.82 Å². The minimum atomic E-state index is -2.51. The largest absolute Gasteiger partial charge is 0.374 e. The van der Waals surface area contributed by atoms with Gasteiger partial charge < -0.3 is 10.1 Å². The Morgan fingerprint density at radius 1 is 1.50 bits per heavy atom. The van der Waals surface area contributed by atoms with Gasteiger partial charge in [-0.1, -0.05) is 0 Å². The molecule has 1 rings (SSSR count). The van der Waals surface area contributed by atoms with Crippen molar-refractivity contribution in [3.05, 3.63) is 17.3 Å². The van der Waals surface area contributed by atoms with Gasteiger partial charge in [0.25, 0.3) is 6.43 Å². The molecule has 0 atom stereocenters. The molecule has 0 unspecified atom stereocenters. The van der Waals surface area contributed by atoms with E-state index < -0.39 is 18.8 Å². The molecular weight excluding hydrogens is 247 g/mol. The first-order valence-electron chi connectivity index (χ1n) is 4.37. The second kappa shape index (κ2) is 6.49. The third kappa shape index (κ3) is 4.63. The van der Waals surface area contributed by atoms with Crippen molar-refractivity contribution >= 4 is 17.4 Å². The highest BCUT2D eigenvalue weighted by Gasteiger charge is 2.05. The van der Waals surface area contributed by atoms with Gasteiger partial charge in [0.1, 0.15) is 6.61 Å². The Balaban J connectivity index is 2.29. The SMILES string of the molecule is Fc1cnc(Cl)nc1NCCOCC(F)F. The Hall–Kier alpha value is -1.08. The fourth-order valence-electron chi connectivity index (χ4n) is 0.884. The van der Waals surface area contributed by atoms with Crippen LogP contribution in [0.1, 0.15) is 0 Å². The summed E-state index contributed by atoms with van der Waals surface area (Å²) in [7, 11) is 0. The maximum absolute atomic E-state index is 13.0. The lowest BCUT2D eigenvalue weighted by Crippen LogP contribution is -2.14. The molecule has 0 bridgehead atoms. The van der Waals surface area contributed by atoms with Crippen LogP contribution in [-0.4, -0.2) is 36.2 Å². The summed E-state index contributed by atoms with van der Waals surface area (Å²) in [5.41, 5.74) is 0. The van der Waals surface area contributed by atoms with E-state index >= 15 is 0 Å². The number of nitrogens with zero attached hydrogens (tertiary/aromatic N) is 2. The summed E-state index contributed by atoms with van der Waals surface area (Å²) in [6.07, 6.45) is -1.59. The molecule has 0 aromatic carbocycles. The lowest BCUT2D eigenvalue weighted by Gasteiger charge is -2.06. The van der Waals surface area contributed by atoms with Gasteiger partial charge in [0.15, 0.2) is 11.6 Å². The highest BCUT2D eigenvalue weighted by atomic mass is 35.5. The predicted molar refractivity (Wildman–Crippen MR) is 52.3 cm³/mol. The second-order valence-electron chi connectivity index (χ2n) is 2.73. The summed E-state index contributed by atoms with van der Waals surface area (Å²) in [5.74, 6) is -0.751. The molecule has 0 aliphatic carbocycles. The normalized spacial score (nSPS) is 10.8. The molecule has 4 nitrogen and oxygen atoms in total. The molecule has 0 fully saturated rings. The maximum atomic E-state index is 13.0. The van der Waals surface area contributed by atoms with Crippen molar-refractivity contribution < 1.29 is 17.9 Å². The quantitative estimate of drug-likeness (QED) is 0.624. The van der Waals surface area contributed by atoms with Crippen LogP contribution in [0.3, 0.4) is 0 Å². The zero-order chi connectivity index (χ0) is 12.0. The molecule has 1 N–H and O–H groups in total. The molecule has 16 heavy (non-hydrogen) atoms. The number of halogens is 4. The first-order chi connectivity index (χ1) is 7.59. The minimum absolute atomic E-state index is 0.0192. The van der Waals surface area contributed by atoms with Crippen LogP contribution in [0.25, 0.3) is 0 Å². The standard InChI is InChI=1S/C8H9ClF3N3O/c9-8-14-3-5(10)7(15-8)13-1-2-16-4-6(11)12/h3,6H,1-2,4H2,(H,13,14,15). The lowest BCUT2D eigenvalue weighted by molar-refractivity contribution is 0.0214. The van der Waals surface area contributed by atoms with E-state index in [1.807, 2.05) is 0 Å². The van der Waals surface area contributed by atoms with Crippen LogP contribution in [0.4, 0.5) is 19.0 Å². The fourth-order valence-corrected chi connectivity index (χ4v) is 1.02. The molecule has 0 saturated carbocycles. The van der Waals surface area contributed by atoms with Crippen molar-refractivity contribution in [3.63, 3.8) is 0 Å². The molecule has 0 radical (unpaired) electrons. The van der Waals surface area contributed by atoms with E-state index in [-0.39, 0.29) is 24.3 Å². The van der Waals surface area contributed by atoms with E-state index in [9.17, 15) is 13.2 Å². The summed E-state index contributed by atoms with van der Waals surface area (Å²) in [4.78, 5) is 6.99. The number of rotatable bonds is 6. The average molecular weight is 256 g/mol. The van der Waals surface area contributed by atoms with Crippen LogP contribution < -0.4 is 5.32 Å². The van der Waals surface area contributed by atoms with Crippen LogP contribution in [0.15, 0.2) is 6.20 Å². The Morgan fingerprint density at radius 2 is 2.25 bits per heavy atom. The van der Waals surface area contributed by atoms with Crippen LogP contribution in [0.2, 0.25) is 5.28 Å². The summed E-state index contributed by atoms with van der Waals surface area (Å²) in [5, 5.41) is 2.45. The molecule has 1 aromatic rings. The van der Waals surface area contributed by atoms with E-state index in [0.29, 0.717) is 0 Å². The number of ether oxygens (including phenoxy) is 1. The zero-order valence-corrected chi connectivity index (χ0v) is 8.85. The van der Waals surface area contributed by atoms with E-state index in [2.05, 4.69) is 20.0 Å². The second-order valence-corrected chi connectivity index (χ2v) is 3.07. The fraction of sp³-hybridized carbons (Fsp3) is 0.500. The van der Waals surface area contributed by atoms with Crippen molar-refractivity contribution in [1.29, 1.82) is 0 Å². The van der Waals surface area contributed by atoms with Gasteiger partial charge in [-0.05, 0) is 11.6 Å². The van der Waals surface area contributed by atoms with Gasteiger partial charge in [-0.2, -0.15) is 4.98 Å². The number of nitrogens with one attached hydrogen (secondary N) is 1. The molecule has 0 spiro atoms. The summed E-state index contributed by atoms with van der Waals surface area (Å²) in [6.45, 7) is -0.475. The predicted octanol–water partition coefficient (Wildman–Crippen LogP) is 1.96. The van der Waals surface area contributed by atoms with E-state index in [4.69, 9.17) is 11.6 Å². The molecule has 0 aliphatic rings. The molecule has 0 aliphatic heterocycles. The smallest absolute Gasteiger partial charge is 0.261 e. The van der Waals surface area contributed by atoms with Crippen molar-refractivity contribution in [3.8, 4) is 0 Å². The van der Waals surface area contributed by atoms with Gasteiger partial charge in [0.05, 0.1) is 12.8 Å². The Bertz CT molecular complexity index is 340. The van der Waals surface area contributed by atoms with E-state index in [1.165, 1.54) is 0 Å². The van der Waals surface area contributed by atoms with Crippen molar-refractivity contribution in [1.82, 2.24) is 9.97 Å². The molecule has 1 heterocycles. The third-order valence-electron chi connectivity index (χ3n) is 1.50. The Kier molecular flexibility index (Phi) is 5.27. The van der Waals surface area contributed by atoms with E-state index in [1.54, 1.807) is 0 Å². The Labute approximate surface area is 94.8 Å². The van der Waals surface area contributed by atoms with Crippen LogP contribution in [-0.2, 0) is 4.74 Å². The van der Waals surface area contributed by atoms with Gasteiger partial charge in [-0.25, -0.2) is 18.2 Å². The molecule has 0 saturated heterocycles. The van der Waals surface area contributed by atoms with Gasteiger partial charge in [0, 0.05) is 6.54 Å². The third-order valence-corrected chi connectivity index (χ3v) is 1.68. The molecule has 0 amide bonds. The van der Waals surface area contributed by atoms with Crippen LogP contribution in [0.5, 0.6) is 0 Å². The first kappa shape index (κ1) is 13.0. The van der Waals surface area contributed by atoms with Gasteiger partial charge in [-0.15, -0.1) is 0 Å². The summed E-state index contributed by atoms with van der Waals surface area (Å²) < 4.78 is 40.9. The summed E-state index contributed by atoms with van der Waals surface area (Å²) >= 11 is 5.44. The average Bonchev–Trinajstić information content (AvgIpc) is 2.22.